The number of nitrogens with one attached hydrogen (secondary N) is 1. The zero-order valence-corrected chi connectivity index (χ0v) is 10.4. The van der Waals surface area contributed by atoms with Crippen LogP contribution in [0.2, 0.25) is 0 Å². The van der Waals surface area contributed by atoms with Gasteiger partial charge in [0.1, 0.15) is 11.5 Å². The SMILES string of the molecule is Cc1nc(NC(C)(C)CC(=O)O)ccc1[N+](=O)[O-]. The van der Waals surface area contributed by atoms with Gasteiger partial charge in [-0.15, -0.1) is 0 Å². The third kappa shape index (κ3) is 3.69. The van der Waals surface area contributed by atoms with Crippen LogP contribution in [0.1, 0.15) is 26.0 Å². The Hall–Kier alpha value is -2.18. The molecule has 1 aromatic rings. The minimum Gasteiger partial charge on any atom is -0.481 e. The third-order valence-corrected chi connectivity index (χ3v) is 2.31. The number of hydrogen-bond acceptors (Lipinski definition) is 5. The monoisotopic (exact) mass is 253 g/mol. The molecule has 0 aliphatic heterocycles. The predicted molar refractivity (Wildman–Crippen MR) is 65.6 cm³/mol. The van der Waals surface area contributed by atoms with Crippen molar-refractivity contribution in [1.82, 2.24) is 4.98 Å². The minimum absolute atomic E-state index is 0.0587. The zero-order chi connectivity index (χ0) is 13.9. The van der Waals surface area contributed by atoms with Crippen LogP contribution in [0, 0.1) is 17.0 Å². The van der Waals surface area contributed by atoms with Crippen LogP contribution in [-0.2, 0) is 4.79 Å². The number of carbonyl (C=O) groups is 1. The molecule has 0 spiro atoms. The van der Waals surface area contributed by atoms with E-state index in [1.165, 1.54) is 19.1 Å². The van der Waals surface area contributed by atoms with Gasteiger partial charge in [-0.1, -0.05) is 0 Å². The van der Waals surface area contributed by atoms with Gasteiger partial charge in [-0.2, -0.15) is 0 Å². The Bertz CT molecular complexity index is 485. The summed E-state index contributed by atoms with van der Waals surface area (Å²) in [5.41, 5.74) is -0.450. The van der Waals surface area contributed by atoms with Crippen LogP contribution in [0.4, 0.5) is 11.5 Å². The number of pyridine rings is 1. The number of aromatic nitrogens is 1. The number of aryl methyl sites for hydroxylation is 1. The summed E-state index contributed by atoms with van der Waals surface area (Å²) in [7, 11) is 0. The van der Waals surface area contributed by atoms with Gasteiger partial charge in [-0.3, -0.25) is 14.9 Å². The van der Waals surface area contributed by atoms with E-state index in [4.69, 9.17) is 5.11 Å². The molecule has 7 nitrogen and oxygen atoms in total. The van der Waals surface area contributed by atoms with E-state index in [2.05, 4.69) is 10.3 Å². The van der Waals surface area contributed by atoms with Crippen molar-refractivity contribution in [1.29, 1.82) is 0 Å². The molecule has 0 amide bonds. The van der Waals surface area contributed by atoms with Gasteiger partial charge >= 0.3 is 5.97 Å². The van der Waals surface area contributed by atoms with Gasteiger partial charge in [0.15, 0.2) is 0 Å². The second-order valence-electron chi connectivity index (χ2n) is 4.64. The fourth-order valence-electron chi connectivity index (χ4n) is 1.59. The highest BCUT2D eigenvalue weighted by Crippen LogP contribution is 2.21. The maximum absolute atomic E-state index is 10.7. The number of carboxylic acid groups (broad SMARTS) is 1. The van der Waals surface area contributed by atoms with Gasteiger partial charge in [0.05, 0.1) is 11.3 Å². The van der Waals surface area contributed by atoms with E-state index < -0.39 is 16.4 Å². The molecule has 0 saturated heterocycles. The fourth-order valence-corrected chi connectivity index (χ4v) is 1.59. The predicted octanol–water partition coefficient (Wildman–Crippen LogP) is 1.96. The highest BCUT2D eigenvalue weighted by molar-refractivity contribution is 5.69. The number of anilines is 1. The number of nitro groups is 1. The summed E-state index contributed by atoms with van der Waals surface area (Å²) in [6.45, 7) is 4.98. The lowest BCUT2D eigenvalue weighted by Crippen LogP contribution is -2.34. The lowest BCUT2D eigenvalue weighted by molar-refractivity contribution is -0.385. The minimum atomic E-state index is -0.925. The van der Waals surface area contributed by atoms with Gasteiger partial charge < -0.3 is 10.4 Å². The van der Waals surface area contributed by atoms with Gasteiger partial charge in [-0.05, 0) is 26.8 Å². The average Bonchev–Trinajstić information content (AvgIpc) is 2.13. The van der Waals surface area contributed by atoms with E-state index in [1.54, 1.807) is 13.8 Å². The molecule has 0 aliphatic rings. The maximum Gasteiger partial charge on any atom is 0.305 e. The molecular weight excluding hydrogens is 238 g/mol. The van der Waals surface area contributed by atoms with Gasteiger partial charge in [-0.25, -0.2) is 4.98 Å². The lowest BCUT2D eigenvalue weighted by Gasteiger charge is -2.24. The van der Waals surface area contributed by atoms with Gasteiger partial charge in [0.2, 0.25) is 0 Å². The molecule has 0 atom stereocenters. The second-order valence-corrected chi connectivity index (χ2v) is 4.64. The molecule has 0 aromatic carbocycles. The van der Waals surface area contributed by atoms with Crippen LogP contribution >= 0.6 is 0 Å². The van der Waals surface area contributed by atoms with Crippen molar-refractivity contribution in [2.75, 3.05) is 5.32 Å². The summed E-state index contributed by atoms with van der Waals surface area (Å²) in [6.07, 6.45) is -0.0787. The third-order valence-electron chi connectivity index (χ3n) is 2.31. The Labute approximate surface area is 104 Å². The molecule has 7 heteroatoms. The second kappa shape index (κ2) is 4.99. The highest BCUT2D eigenvalue weighted by atomic mass is 16.6. The maximum atomic E-state index is 10.7. The quantitative estimate of drug-likeness (QED) is 0.613. The fraction of sp³-hybridized carbons (Fsp3) is 0.455. The molecule has 0 saturated carbocycles. The summed E-state index contributed by atoms with van der Waals surface area (Å²) < 4.78 is 0. The van der Waals surface area contributed by atoms with Crippen LogP contribution in [0.3, 0.4) is 0 Å². The standard InChI is InChI=1S/C11H15N3O4/c1-7-8(14(17)18)4-5-9(12-7)13-11(2,3)6-10(15)16/h4-5H,6H2,1-3H3,(H,12,13)(H,15,16). The lowest BCUT2D eigenvalue weighted by atomic mass is 10.0. The van der Waals surface area contributed by atoms with Crippen LogP contribution in [0.5, 0.6) is 0 Å². The molecule has 98 valence electrons. The Morgan fingerprint density at radius 2 is 2.17 bits per heavy atom. The van der Waals surface area contributed by atoms with Crippen LogP contribution in [-0.4, -0.2) is 26.5 Å². The Morgan fingerprint density at radius 1 is 1.56 bits per heavy atom. The van der Waals surface area contributed by atoms with Crippen molar-refractivity contribution in [2.24, 2.45) is 0 Å². The molecule has 18 heavy (non-hydrogen) atoms. The topological polar surface area (TPSA) is 105 Å². The Morgan fingerprint density at radius 3 is 2.61 bits per heavy atom. The molecule has 2 N–H and O–H groups in total. The molecule has 1 rings (SSSR count). The molecule has 0 aliphatic carbocycles. The van der Waals surface area contributed by atoms with Gasteiger partial charge in [0, 0.05) is 11.6 Å². The molecule has 1 aromatic heterocycles. The average molecular weight is 253 g/mol. The van der Waals surface area contributed by atoms with Crippen molar-refractivity contribution in [3.8, 4) is 0 Å². The first kappa shape index (κ1) is 13.9. The summed E-state index contributed by atoms with van der Waals surface area (Å²) in [5, 5.41) is 22.3. The van der Waals surface area contributed by atoms with E-state index in [9.17, 15) is 14.9 Å². The van der Waals surface area contributed by atoms with Gasteiger partial charge in [0.25, 0.3) is 5.69 Å². The summed E-state index contributed by atoms with van der Waals surface area (Å²) in [5.74, 6) is -0.504. The van der Waals surface area contributed by atoms with Crippen LogP contribution in [0.25, 0.3) is 0 Å². The Balaban J connectivity index is 2.89. The molecule has 1 heterocycles. The molecule has 0 radical (unpaired) electrons. The summed E-state index contributed by atoms with van der Waals surface area (Å²) >= 11 is 0. The molecule has 0 unspecified atom stereocenters. The molecule has 0 bridgehead atoms. The summed E-state index contributed by atoms with van der Waals surface area (Å²) in [6, 6.07) is 2.82. The largest absolute Gasteiger partial charge is 0.481 e. The first-order chi connectivity index (χ1) is 8.21. The van der Waals surface area contributed by atoms with Crippen molar-refractivity contribution >= 4 is 17.5 Å². The highest BCUT2D eigenvalue weighted by Gasteiger charge is 2.22. The van der Waals surface area contributed by atoms with Crippen LogP contribution < -0.4 is 5.32 Å². The molecular formula is C11H15N3O4. The first-order valence-electron chi connectivity index (χ1n) is 5.33. The number of nitrogens with zero attached hydrogens (tertiary/aromatic N) is 2. The normalized spacial score (nSPS) is 11.1. The smallest absolute Gasteiger partial charge is 0.305 e. The number of carboxylic acids is 1. The number of aliphatic carboxylic acids is 1. The van der Waals surface area contributed by atoms with Crippen molar-refractivity contribution in [3.05, 3.63) is 27.9 Å². The van der Waals surface area contributed by atoms with Crippen LogP contribution in [0.15, 0.2) is 12.1 Å². The van der Waals surface area contributed by atoms with Crippen molar-refractivity contribution < 1.29 is 14.8 Å². The van der Waals surface area contributed by atoms with Crippen molar-refractivity contribution in [2.45, 2.75) is 32.7 Å². The van der Waals surface area contributed by atoms with Crippen molar-refractivity contribution in [3.63, 3.8) is 0 Å². The number of rotatable bonds is 5. The van der Waals surface area contributed by atoms with E-state index in [0.29, 0.717) is 5.82 Å². The molecule has 0 fully saturated rings. The Kier molecular flexibility index (Phi) is 3.85. The summed E-state index contributed by atoms with van der Waals surface area (Å²) in [4.78, 5) is 24.8. The van der Waals surface area contributed by atoms with E-state index in [1.807, 2.05) is 0 Å². The number of hydrogen-bond donors (Lipinski definition) is 2. The first-order valence-corrected chi connectivity index (χ1v) is 5.33. The van der Waals surface area contributed by atoms with E-state index >= 15 is 0 Å². The van der Waals surface area contributed by atoms with E-state index in [-0.39, 0.29) is 17.8 Å². The van der Waals surface area contributed by atoms with E-state index in [0.717, 1.165) is 0 Å². The zero-order valence-electron chi connectivity index (χ0n) is 10.4.